The Hall–Kier alpha value is -1.58. The van der Waals surface area contributed by atoms with E-state index >= 15 is 0 Å². The lowest BCUT2D eigenvalue weighted by molar-refractivity contribution is -0.131. The van der Waals surface area contributed by atoms with E-state index in [1.165, 1.54) is 6.42 Å². The highest BCUT2D eigenvalue weighted by atomic mass is 16.4. The fourth-order valence-corrected chi connectivity index (χ4v) is 1.50. The van der Waals surface area contributed by atoms with Gasteiger partial charge in [-0.15, -0.1) is 0 Å². The van der Waals surface area contributed by atoms with Crippen molar-refractivity contribution in [2.24, 2.45) is 0 Å². The molecule has 0 bridgehead atoms. The Morgan fingerprint density at radius 3 is 2.44 bits per heavy atom. The first-order chi connectivity index (χ1) is 8.60. The summed E-state index contributed by atoms with van der Waals surface area (Å²) in [4.78, 5) is 21.6. The zero-order valence-electron chi connectivity index (χ0n) is 11.2. The van der Waals surface area contributed by atoms with Crippen molar-refractivity contribution in [1.82, 2.24) is 5.32 Å². The first-order valence-corrected chi connectivity index (χ1v) is 6.40. The molecular formula is C14H23NO3. The van der Waals surface area contributed by atoms with Gasteiger partial charge in [0.15, 0.2) is 0 Å². The first-order valence-electron chi connectivity index (χ1n) is 6.40. The van der Waals surface area contributed by atoms with Crippen LogP contribution in [0.3, 0.4) is 0 Å². The SMILES string of the molecule is CCCCC/C=C(/C=C/C(=O)O)CCC(=O)NC. The Kier molecular flexibility index (Phi) is 9.64. The summed E-state index contributed by atoms with van der Waals surface area (Å²) in [6.07, 6.45) is 10.1. The quantitative estimate of drug-likeness (QED) is 0.377. The number of hydrogen-bond donors (Lipinski definition) is 2. The lowest BCUT2D eigenvalue weighted by atomic mass is 10.1. The molecule has 0 fully saturated rings. The Bertz CT molecular complexity index is 319. The van der Waals surface area contributed by atoms with Gasteiger partial charge in [0.1, 0.15) is 0 Å². The van der Waals surface area contributed by atoms with Crippen LogP contribution in [0.25, 0.3) is 0 Å². The van der Waals surface area contributed by atoms with Gasteiger partial charge in [-0.1, -0.05) is 37.5 Å². The maximum absolute atomic E-state index is 11.2. The van der Waals surface area contributed by atoms with Gasteiger partial charge in [-0.25, -0.2) is 4.79 Å². The van der Waals surface area contributed by atoms with Crippen LogP contribution in [0.5, 0.6) is 0 Å². The van der Waals surface area contributed by atoms with E-state index < -0.39 is 5.97 Å². The number of carboxylic acid groups (broad SMARTS) is 1. The summed E-state index contributed by atoms with van der Waals surface area (Å²) >= 11 is 0. The van der Waals surface area contributed by atoms with Gasteiger partial charge >= 0.3 is 5.97 Å². The number of amides is 1. The average molecular weight is 253 g/mol. The lowest BCUT2D eigenvalue weighted by Gasteiger charge is -2.02. The van der Waals surface area contributed by atoms with Gasteiger partial charge in [-0.2, -0.15) is 0 Å². The van der Waals surface area contributed by atoms with Crippen LogP contribution in [0.4, 0.5) is 0 Å². The fourth-order valence-electron chi connectivity index (χ4n) is 1.50. The maximum atomic E-state index is 11.2. The van der Waals surface area contributed by atoms with E-state index in [1.807, 2.05) is 6.08 Å². The van der Waals surface area contributed by atoms with Gasteiger partial charge in [-0.3, -0.25) is 4.79 Å². The van der Waals surface area contributed by atoms with Gasteiger partial charge in [0.2, 0.25) is 5.91 Å². The molecule has 0 atom stereocenters. The van der Waals surface area contributed by atoms with Crippen LogP contribution in [-0.2, 0) is 9.59 Å². The lowest BCUT2D eigenvalue weighted by Crippen LogP contribution is -2.17. The molecule has 102 valence electrons. The summed E-state index contributed by atoms with van der Waals surface area (Å²) < 4.78 is 0. The van der Waals surface area contributed by atoms with Crippen molar-refractivity contribution >= 4 is 11.9 Å². The zero-order valence-corrected chi connectivity index (χ0v) is 11.2. The minimum absolute atomic E-state index is 0.0295. The number of carboxylic acids is 1. The van der Waals surface area contributed by atoms with Crippen LogP contribution >= 0.6 is 0 Å². The standard InChI is InChI=1S/C14H23NO3/c1-3-4-5-6-7-12(9-11-14(17)18)8-10-13(16)15-2/h7,9,11H,3-6,8,10H2,1-2H3,(H,15,16)(H,17,18)/b11-9+,12-7+. The molecule has 0 radical (unpaired) electrons. The van der Waals surface area contributed by atoms with Crippen molar-refractivity contribution in [2.75, 3.05) is 7.05 Å². The minimum Gasteiger partial charge on any atom is -0.478 e. The van der Waals surface area contributed by atoms with E-state index in [4.69, 9.17) is 5.11 Å². The van der Waals surface area contributed by atoms with Gasteiger partial charge in [-0.05, 0) is 19.3 Å². The molecule has 2 N–H and O–H groups in total. The zero-order chi connectivity index (χ0) is 13.8. The Morgan fingerprint density at radius 1 is 1.17 bits per heavy atom. The smallest absolute Gasteiger partial charge is 0.328 e. The summed E-state index contributed by atoms with van der Waals surface area (Å²) in [6, 6.07) is 0. The molecule has 4 heteroatoms. The van der Waals surface area contributed by atoms with E-state index in [-0.39, 0.29) is 5.91 Å². The van der Waals surface area contributed by atoms with Gasteiger partial charge in [0, 0.05) is 19.5 Å². The molecule has 1 amide bonds. The van der Waals surface area contributed by atoms with Crippen molar-refractivity contribution in [2.45, 2.75) is 45.4 Å². The predicted molar refractivity (Wildman–Crippen MR) is 72.3 cm³/mol. The summed E-state index contributed by atoms with van der Waals surface area (Å²) in [5.41, 5.74) is 0.914. The molecule has 0 spiro atoms. The summed E-state index contributed by atoms with van der Waals surface area (Å²) in [5.74, 6) is -0.993. The second kappa shape index (κ2) is 10.6. The van der Waals surface area contributed by atoms with Crippen molar-refractivity contribution in [3.63, 3.8) is 0 Å². The number of rotatable bonds is 9. The third-order valence-corrected chi connectivity index (χ3v) is 2.57. The van der Waals surface area contributed by atoms with Gasteiger partial charge < -0.3 is 10.4 Å². The molecule has 0 aliphatic carbocycles. The second-order valence-electron chi connectivity index (χ2n) is 4.12. The Balaban J connectivity index is 4.32. The maximum Gasteiger partial charge on any atom is 0.328 e. The van der Waals surface area contributed by atoms with Crippen LogP contribution in [0.1, 0.15) is 45.4 Å². The molecule has 0 aromatic rings. The molecule has 0 aliphatic rings. The number of carbonyl (C=O) groups is 2. The van der Waals surface area contributed by atoms with Crippen molar-refractivity contribution < 1.29 is 14.7 Å². The number of allylic oxidation sites excluding steroid dienone is 3. The monoisotopic (exact) mass is 253 g/mol. The molecule has 4 nitrogen and oxygen atoms in total. The predicted octanol–water partition coefficient (Wildman–Crippen LogP) is 2.66. The van der Waals surface area contributed by atoms with E-state index in [9.17, 15) is 9.59 Å². The molecule has 0 aliphatic heterocycles. The highest BCUT2D eigenvalue weighted by Crippen LogP contribution is 2.11. The van der Waals surface area contributed by atoms with Crippen LogP contribution in [0, 0.1) is 0 Å². The second-order valence-corrected chi connectivity index (χ2v) is 4.12. The van der Waals surface area contributed by atoms with E-state index in [0.29, 0.717) is 12.8 Å². The number of nitrogens with one attached hydrogen (secondary N) is 1. The number of unbranched alkanes of at least 4 members (excludes halogenated alkanes) is 3. The molecule has 0 saturated heterocycles. The number of aliphatic carboxylic acids is 1. The van der Waals surface area contributed by atoms with Crippen LogP contribution in [0.2, 0.25) is 0 Å². The highest BCUT2D eigenvalue weighted by molar-refractivity contribution is 5.80. The van der Waals surface area contributed by atoms with E-state index in [1.54, 1.807) is 13.1 Å². The molecular weight excluding hydrogens is 230 g/mol. The number of carbonyl (C=O) groups excluding carboxylic acids is 1. The van der Waals surface area contributed by atoms with Crippen LogP contribution in [-0.4, -0.2) is 24.0 Å². The summed E-state index contributed by atoms with van der Waals surface area (Å²) in [6.45, 7) is 2.14. The van der Waals surface area contributed by atoms with Crippen molar-refractivity contribution in [3.05, 3.63) is 23.8 Å². The summed E-state index contributed by atoms with van der Waals surface area (Å²) in [5, 5.41) is 11.2. The fraction of sp³-hybridized carbons (Fsp3) is 0.571. The van der Waals surface area contributed by atoms with Gasteiger partial charge in [0.05, 0.1) is 0 Å². The van der Waals surface area contributed by atoms with E-state index in [2.05, 4.69) is 12.2 Å². The topological polar surface area (TPSA) is 66.4 Å². The largest absolute Gasteiger partial charge is 0.478 e. The molecule has 0 heterocycles. The third-order valence-electron chi connectivity index (χ3n) is 2.57. The molecule has 0 aromatic heterocycles. The van der Waals surface area contributed by atoms with Crippen LogP contribution in [0.15, 0.2) is 23.8 Å². The highest BCUT2D eigenvalue weighted by Gasteiger charge is 2.00. The molecule has 0 rings (SSSR count). The minimum atomic E-state index is -0.964. The average Bonchev–Trinajstić information content (AvgIpc) is 2.36. The normalized spacial score (nSPS) is 11.8. The van der Waals surface area contributed by atoms with Crippen molar-refractivity contribution in [3.8, 4) is 0 Å². The Morgan fingerprint density at radius 2 is 1.89 bits per heavy atom. The van der Waals surface area contributed by atoms with E-state index in [0.717, 1.165) is 30.9 Å². The molecule has 0 saturated carbocycles. The number of hydrogen-bond acceptors (Lipinski definition) is 2. The van der Waals surface area contributed by atoms with Gasteiger partial charge in [0.25, 0.3) is 0 Å². The van der Waals surface area contributed by atoms with Crippen molar-refractivity contribution in [1.29, 1.82) is 0 Å². The molecule has 18 heavy (non-hydrogen) atoms. The third kappa shape index (κ3) is 9.63. The van der Waals surface area contributed by atoms with Crippen LogP contribution < -0.4 is 5.32 Å². The molecule has 0 aromatic carbocycles. The summed E-state index contributed by atoms with van der Waals surface area (Å²) in [7, 11) is 1.60. The molecule has 0 unspecified atom stereocenters. The first kappa shape index (κ1) is 16.4. The Labute approximate surface area is 109 Å².